The molecule has 1 aromatic rings. The first-order valence-electron chi connectivity index (χ1n) is 5.16. The van der Waals surface area contributed by atoms with E-state index in [1.807, 2.05) is 0 Å². The largest absolute Gasteiger partial charge is 0.371 e. The van der Waals surface area contributed by atoms with Crippen LogP contribution < -0.4 is 16.2 Å². The number of anilines is 1. The Morgan fingerprint density at radius 2 is 1.79 bits per heavy atom. The Bertz CT molecular complexity index is 265. The van der Waals surface area contributed by atoms with Gasteiger partial charge in [-0.1, -0.05) is 18.2 Å². The smallest absolute Gasteiger partial charge is 0.0366 e. The summed E-state index contributed by atoms with van der Waals surface area (Å²) in [5.41, 5.74) is 4.17. The van der Waals surface area contributed by atoms with Gasteiger partial charge in [-0.15, -0.1) is 0 Å². The van der Waals surface area contributed by atoms with Crippen LogP contribution in [-0.4, -0.2) is 19.1 Å². The summed E-state index contributed by atoms with van der Waals surface area (Å²) in [5.74, 6) is 5.42. The van der Waals surface area contributed by atoms with E-state index in [0.29, 0.717) is 6.04 Å². The van der Waals surface area contributed by atoms with Crippen LogP contribution in [0.2, 0.25) is 0 Å². The molecule has 3 nitrogen and oxygen atoms in total. The standard InChI is InChI=1S/C11H17N3/c12-13-10-6-8-14(9-7-10)11-4-2-1-3-5-11/h1-5,10,13H,6-9,12H2. The molecular formula is C11H17N3. The first-order chi connectivity index (χ1) is 6.90. The highest BCUT2D eigenvalue weighted by atomic mass is 15.2. The first kappa shape index (κ1) is 9.49. The molecule has 14 heavy (non-hydrogen) atoms. The number of benzene rings is 1. The lowest BCUT2D eigenvalue weighted by Crippen LogP contribution is -2.45. The minimum atomic E-state index is 0.495. The molecule has 1 aliphatic heterocycles. The molecule has 0 aromatic heterocycles. The molecule has 0 spiro atoms. The van der Waals surface area contributed by atoms with Crippen molar-refractivity contribution < 1.29 is 0 Å². The minimum absolute atomic E-state index is 0.495. The quantitative estimate of drug-likeness (QED) is 0.543. The average molecular weight is 191 g/mol. The maximum Gasteiger partial charge on any atom is 0.0366 e. The van der Waals surface area contributed by atoms with Crippen molar-refractivity contribution >= 4 is 5.69 Å². The van der Waals surface area contributed by atoms with Crippen LogP contribution in [0.25, 0.3) is 0 Å². The van der Waals surface area contributed by atoms with E-state index >= 15 is 0 Å². The topological polar surface area (TPSA) is 41.3 Å². The Kier molecular flexibility index (Phi) is 3.01. The second-order valence-corrected chi connectivity index (χ2v) is 3.76. The summed E-state index contributed by atoms with van der Waals surface area (Å²) < 4.78 is 0. The Morgan fingerprint density at radius 1 is 1.14 bits per heavy atom. The predicted octanol–water partition coefficient (Wildman–Crippen LogP) is 1.12. The number of nitrogens with two attached hydrogens (primary N) is 1. The number of hydrazine groups is 1. The van der Waals surface area contributed by atoms with E-state index in [2.05, 4.69) is 40.7 Å². The van der Waals surface area contributed by atoms with Crippen molar-refractivity contribution in [3.8, 4) is 0 Å². The third-order valence-electron chi connectivity index (χ3n) is 2.85. The summed E-state index contributed by atoms with van der Waals surface area (Å²) in [4.78, 5) is 2.41. The fraction of sp³-hybridized carbons (Fsp3) is 0.455. The Hall–Kier alpha value is -1.06. The van der Waals surface area contributed by atoms with Gasteiger partial charge in [0.25, 0.3) is 0 Å². The summed E-state index contributed by atoms with van der Waals surface area (Å²) in [6.45, 7) is 2.19. The van der Waals surface area contributed by atoms with Crippen LogP contribution in [-0.2, 0) is 0 Å². The molecular weight excluding hydrogens is 174 g/mol. The van der Waals surface area contributed by atoms with Crippen molar-refractivity contribution in [1.82, 2.24) is 5.43 Å². The lowest BCUT2D eigenvalue weighted by molar-refractivity contribution is 0.423. The number of hydrogen-bond acceptors (Lipinski definition) is 3. The zero-order chi connectivity index (χ0) is 9.80. The molecule has 0 saturated carbocycles. The van der Waals surface area contributed by atoms with Crippen LogP contribution in [0.1, 0.15) is 12.8 Å². The van der Waals surface area contributed by atoms with Gasteiger partial charge in [0, 0.05) is 24.8 Å². The van der Waals surface area contributed by atoms with E-state index in [-0.39, 0.29) is 0 Å². The number of nitrogens with one attached hydrogen (secondary N) is 1. The van der Waals surface area contributed by atoms with Gasteiger partial charge in [0.2, 0.25) is 0 Å². The number of nitrogens with zero attached hydrogens (tertiary/aromatic N) is 1. The third kappa shape index (κ3) is 2.05. The SMILES string of the molecule is NNC1CCN(c2ccccc2)CC1. The molecule has 0 unspecified atom stereocenters. The number of hydrogen-bond donors (Lipinski definition) is 2. The van der Waals surface area contributed by atoms with E-state index in [4.69, 9.17) is 5.84 Å². The molecule has 1 heterocycles. The van der Waals surface area contributed by atoms with Gasteiger partial charge >= 0.3 is 0 Å². The first-order valence-corrected chi connectivity index (χ1v) is 5.16. The van der Waals surface area contributed by atoms with Crippen LogP contribution in [0.15, 0.2) is 30.3 Å². The van der Waals surface area contributed by atoms with Gasteiger partial charge in [-0.05, 0) is 25.0 Å². The summed E-state index contributed by atoms with van der Waals surface area (Å²) in [7, 11) is 0. The van der Waals surface area contributed by atoms with Gasteiger partial charge in [0.1, 0.15) is 0 Å². The van der Waals surface area contributed by atoms with Crippen LogP contribution in [0, 0.1) is 0 Å². The molecule has 0 radical (unpaired) electrons. The van der Waals surface area contributed by atoms with Crippen LogP contribution in [0.4, 0.5) is 5.69 Å². The molecule has 1 aromatic carbocycles. The van der Waals surface area contributed by atoms with E-state index in [1.54, 1.807) is 0 Å². The summed E-state index contributed by atoms with van der Waals surface area (Å²) in [6.07, 6.45) is 2.26. The molecule has 0 atom stereocenters. The molecule has 1 saturated heterocycles. The lowest BCUT2D eigenvalue weighted by Gasteiger charge is -2.33. The Morgan fingerprint density at radius 3 is 2.36 bits per heavy atom. The molecule has 3 N–H and O–H groups in total. The highest BCUT2D eigenvalue weighted by molar-refractivity contribution is 5.46. The van der Waals surface area contributed by atoms with Crippen molar-refractivity contribution in [1.29, 1.82) is 0 Å². The average Bonchev–Trinajstić information content (AvgIpc) is 2.30. The van der Waals surface area contributed by atoms with Gasteiger partial charge < -0.3 is 4.90 Å². The molecule has 0 amide bonds. The van der Waals surface area contributed by atoms with Gasteiger partial charge in [-0.3, -0.25) is 11.3 Å². The number of para-hydroxylation sites is 1. The third-order valence-corrected chi connectivity index (χ3v) is 2.85. The Balaban J connectivity index is 1.96. The maximum atomic E-state index is 5.42. The fourth-order valence-electron chi connectivity index (χ4n) is 1.94. The summed E-state index contributed by atoms with van der Waals surface area (Å²) in [5, 5.41) is 0. The van der Waals surface area contributed by atoms with Crippen molar-refractivity contribution in [2.24, 2.45) is 5.84 Å². The van der Waals surface area contributed by atoms with E-state index in [9.17, 15) is 0 Å². The van der Waals surface area contributed by atoms with Crippen molar-refractivity contribution in [2.75, 3.05) is 18.0 Å². The van der Waals surface area contributed by atoms with Gasteiger partial charge in [-0.25, -0.2) is 0 Å². The second kappa shape index (κ2) is 4.44. The fourth-order valence-corrected chi connectivity index (χ4v) is 1.94. The van der Waals surface area contributed by atoms with Crippen molar-refractivity contribution in [2.45, 2.75) is 18.9 Å². The van der Waals surface area contributed by atoms with Crippen LogP contribution in [0.3, 0.4) is 0 Å². The minimum Gasteiger partial charge on any atom is -0.371 e. The lowest BCUT2D eigenvalue weighted by atomic mass is 10.1. The zero-order valence-electron chi connectivity index (χ0n) is 8.32. The van der Waals surface area contributed by atoms with Crippen LogP contribution in [0.5, 0.6) is 0 Å². The maximum absolute atomic E-state index is 5.42. The van der Waals surface area contributed by atoms with E-state index in [0.717, 1.165) is 25.9 Å². The highest BCUT2D eigenvalue weighted by Gasteiger charge is 2.17. The predicted molar refractivity (Wildman–Crippen MR) is 59.0 cm³/mol. The van der Waals surface area contributed by atoms with Crippen LogP contribution >= 0.6 is 0 Å². The highest BCUT2D eigenvalue weighted by Crippen LogP contribution is 2.18. The van der Waals surface area contributed by atoms with Crippen molar-refractivity contribution in [3.05, 3.63) is 30.3 Å². The molecule has 1 fully saturated rings. The molecule has 3 heteroatoms. The monoisotopic (exact) mass is 191 g/mol. The van der Waals surface area contributed by atoms with Gasteiger partial charge in [-0.2, -0.15) is 0 Å². The number of piperidine rings is 1. The Labute approximate surface area is 84.9 Å². The van der Waals surface area contributed by atoms with E-state index in [1.165, 1.54) is 5.69 Å². The molecule has 0 aliphatic carbocycles. The number of rotatable bonds is 2. The normalized spacial score (nSPS) is 18.5. The summed E-state index contributed by atoms with van der Waals surface area (Å²) in [6, 6.07) is 11.0. The van der Waals surface area contributed by atoms with Crippen molar-refractivity contribution in [3.63, 3.8) is 0 Å². The molecule has 0 bridgehead atoms. The summed E-state index contributed by atoms with van der Waals surface area (Å²) >= 11 is 0. The molecule has 76 valence electrons. The van der Waals surface area contributed by atoms with Gasteiger partial charge in [0.05, 0.1) is 0 Å². The molecule has 2 rings (SSSR count). The second-order valence-electron chi connectivity index (χ2n) is 3.76. The van der Waals surface area contributed by atoms with Gasteiger partial charge in [0.15, 0.2) is 0 Å². The zero-order valence-corrected chi connectivity index (χ0v) is 8.32. The van der Waals surface area contributed by atoms with E-state index < -0.39 is 0 Å². The molecule has 1 aliphatic rings.